The second-order valence-electron chi connectivity index (χ2n) is 4.08. The van der Waals surface area contributed by atoms with Crippen molar-refractivity contribution in [3.8, 4) is 0 Å². The maximum absolute atomic E-state index is 6.16. The molecule has 18 heavy (non-hydrogen) atoms. The monoisotopic (exact) mass is 290 g/mol. The summed E-state index contributed by atoms with van der Waals surface area (Å²) in [4.78, 5) is 0. The summed E-state index contributed by atoms with van der Waals surface area (Å²) >= 11 is 12.3. The van der Waals surface area contributed by atoms with Crippen LogP contribution in [-0.2, 0) is 11.2 Å². The number of benzene rings is 1. The van der Waals surface area contributed by atoms with Crippen LogP contribution in [0, 0.1) is 0 Å². The van der Waals surface area contributed by atoms with E-state index in [0.29, 0.717) is 23.1 Å². The number of nitrogens with two attached hydrogens (primary N) is 1. The van der Waals surface area contributed by atoms with Gasteiger partial charge in [-0.15, -0.1) is 0 Å². The van der Waals surface area contributed by atoms with Crippen molar-refractivity contribution in [2.45, 2.75) is 38.8 Å². The van der Waals surface area contributed by atoms with Gasteiger partial charge in [-0.05, 0) is 37.5 Å². The smallest absolute Gasteiger partial charge is 0.0742 e. The lowest BCUT2D eigenvalue weighted by Crippen LogP contribution is -2.46. The summed E-state index contributed by atoms with van der Waals surface area (Å²) in [6.45, 7) is 4.70. The molecule has 5 heteroatoms. The standard InChI is InChI=1S/C13H20Cl2N2O/c1-3-13(18-4-2)12(17-16)8-9-10(14)6-5-7-11(9)15/h5-7,12-13,17H,3-4,8,16H2,1-2H3. The van der Waals surface area contributed by atoms with Crippen LogP contribution in [0.4, 0.5) is 0 Å². The van der Waals surface area contributed by atoms with Gasteiger partial charge in [0.05, 0.1) is 12.1 Å². The zero-order valence-corrected chi connectivity index (χ0v) is 12.3. The number of hydrogen-bond acceptors (Lipinski definition) is 3. The fourth-order valence-electron chi connectivity index (χ4n) is 1.98. The number of rotatable bonds is 7. The van der Waals surface area contributed by atoms with Crippen molar-refractivity contribution in [2.24, 2.45) is 5.84 Å². The van der Waals surface area contributed by atoms with Crippen LogP contribution in [0.1, 0.15) is 25.8 Å². The SMILES string of the molecule is CCOC(CC)C(Cc1c(Cl)cccc1Cl)NN. The Bertz CT molecular complexity index is 354. The lowest BCUT2D eigenvalue weighted by molar-refractivity contribution is 0.0319. The first-order valence-electron chi connectivity index (χ1n) is 6.14. The van der Waals surface area contributed by atoms with Crippen LogP contribution in [0.15, 0.2) is 18.2 Å². The van der Waals surface area contributed by atoms with Gasteiger partial charge < -0.3 is 4.74 Å². The first kappa shape index (κ1) is 15.7. The Hall–Kier alpha value is -0.320. The van der Waals surface area contributed by atoms with Crippen LogP contribution >= 0.6 is 23.2 Å². The topological polar surface area (TPSA) is 47.3 Å². The fourth-order valence-corrected chi connectivity index (χ4v) is 2.53. The molecule has 2 unspecified atom stereocenters. The van der Waals surface area contributed by atoms with Crippen molar-refractivity contribution in [3.05, 3.63) is 33.8 Å². The van der Waals surface area contributed by atoms with Crippen LogP contribution < -0.4 is 11.3 Å². The summed E-state index contributed by atoms with van der Waals surface area (Å²) in [5.41, 5.74) is 3.70. The Kier molecular flexibility index (Phi) is 6.97. The number of hydrogen-bond donors (Lipinski definition) is 2. The van der Waals surface area contributed by atoms with Gasteiger partial charge >= 0.3 is 0 Å². The predicted molar refractivity (Wildman–Crippen MR) is 77.0 cm³/mol. The predicted octanol–water partition coefficient (Wildman–Crippen LogP) is 3.18. The highest BCUT2D eigenvalue weighted by Gasteiger charge is 2.21. The molecular formula is C13H20Cl2N2O. The second-order valence-corrected chi connectivity index (χ2v) is 4.89. The summed E-state index contributed by atoms with van der Waals surface area (Å²) in [6.07, 6.45) is 1.57. The minimum Gasteiger partial charge on any atom is -0.377 e. The summed E-state index contributed by atoms with van der Waals surface area (Å²) < 4.78 is 5.67. The minimum atomic E-state index is -0.00708. The third-order valence-corrected chi connectivity index (χ3v) is 3.64. The van der Waals surface area contributed by atoms with E-state index in [1.807, 2.05) is 25.1 Å². The highest BCUT2D eigenvalue weighted by atomic mass is 35.5. The molecule has 0 amide bonds. The Morgan fingerprint density at radius 3 is 2.33 bits per heavy atom. The largest absolute Gasteiger partial charge is 0.377 e. The number of halogens is 2. The average Bonchev–Trinajstić information content (AvgIpc) is 2.36. The summed E-state index contributed by atoms with van der Waals surface area (Å²) in [7, 11) is 0. The maximum atomic E-state index is 6.16. The van der Waals surface area contributed by atoms with Crippen LogP contribution in [-0.4, -0.2) is 18.8 Å². The highest BCUT2D eigenvalue weighted by molar-refractivity contribution is 6.36. The van der Waals surface area contributed by atoms with Crippen molar-refractivity contribution in [1.82, 2.24) is 5.43 Å². The maximum Gasteiger partial charge on any atom is 0.0742 e. The summed E-state index contributed by atoms with van der Waals surface area (Å²) in [6, 6.07) is 5.49. The molecule has 0 bridgehead atoms. The Balaban J connectivity index is 2.85. The molecule has 3 nitrogen and oxygen atoms in total. The molecule has 0 heterocycles. The third kappa shape index (κ3) is 4.11. The van der Waals surface area contributed by atoms with Gasteiger partial charge in [0, 0.05) is 16.7 Å². The Morgan fingerprint density at radius 1 is 1.28 bits per heavy atom. The normalized spacial score (nSPS) is 14.5. The third-order valence-electron chi connectivity index (χ3n) is 2.93. The molecule has 0 spiro atoms. The van der Waals surface area contributed by atoms with Crippen molar-refractivity contribution in [3.63, 3.8) is 0 Å². The number of ether oxygens (including phenoxy) is 1. The van der Waals surface area contributed by atoms with E-state index in [-0.39, 0.29) is 12.1 Å². The van der Waals surface area contributed by atoms with Gasteiger partial charge in [-0.3, -0.25) is 11.3 Å². The fraction of sp³-hybridized carbons (Fsp3) is 0.538. The van der Waals surface area contributed by atoms with Crippen molar-refractivity contribution >= 4 is 23.2 Å². The van der Waals surface area contributed by atoms with E-state index < -0.39 is 0 Å². The first-order valence-corrected chi connectivity index (χ1v) is 6.90. The molecule has 0 aromatic heterocycles. The summed E-state index contributed by atoms with van der Waals surface area (Å²) in [5.74, 6) is 5.61. The van der Waals surface area contributed by atoms with E-state index in [4.69, 9.17) is 33.8 Å². The molecule has 0 fully saturated rings. The van der Waals surface area contributed by atoms with Crippen molar-refractivity contribution < 1.29 is 4.74 Å². The quantitative estimate of drug-likeness (QED) is 0.599. The van der Waals surface area contributed by atoms with Gasteiger partial charge in [0.1, 0.15) is 0 Å². The van der Waals surface area contributed by atoms with E-state index >= 15 is 0 Å². The molecule has 1 rings (SSSR count). The van der Waals surface area contributed by atoms with Gasteiger partial charge in [0.2, 0.25) is 0 Å². The van der Waals surface area contributed by atoms with Crippen molar-refractivity contribution in [1.29, 1.82) is 0 Å². The average molecular weight is 291 g/mol. The molecule has 0 radical (unpaired) electrons. The molecule has 0 saturated carbocycles. The number of nitrogens with one attached hydrogen (secondary N) is 1. The van der Waals surface area contributed by atoms with Gasteiger partial charge in [0.15, 0.2) is 0 Å². The number of hydrazine groups is 1. The van der Waals surface area contributed by atoms with Crippen molar-refractivity contribution in [2.75, 3.05) is 6.61 Å². The van der Waals surface area contributed by atoms with Gasteiger partial charge in [-0.1, -0.05) is 36.2 Å². The molecule has 1 aromatic rings. The molecule has 3 N–H and O–H groups in total. The van der Waals surface area contributed by atoms with Gasteiger partial charge in [-0.2, -0.15) is 0 Å². The van der Waals surface area contributed by atoms with E-state index in [2.05, 4.69) is 12.3 Å². The van der Waals surface area contributed by atoms with E-state index in [1.165, 1.54) is 0 Å². The second kappa shape index (κ2) is 7.97. The molecular weight excluding hydrogens is 271 g/mol. The zero-order chi connectivity index (χ0) is 13.5. The molecule has 1 aromatic carbocycles. The molecule has 0 aliphatic carbocycles. The molecule has 102 valence electrons. The van der Waals surface area contributed by atoms with Gasteiger partial charge in [-0.25, -0.2) is 0 Å². The first-order chi connectivity index (χ1) is 8.63. The molecule has 2 atom stereocenters. The highest BCUT2D eigenvalue weighted by Crippen LogP contribution is 2.26. The van der Waals surface area contributed by atoms with E-state index in [1.54, 1.807) is 0 Å². The van der Waals surface area contributed by atoms with Crippen LogP contribution in [0.3, 0.4) is 0 Å². The van der Waals surface area contributed by atoms with Crippen LogP contribution in [0.5, 0.6) is 0 Å². The zero-order valence-electron chi connectivity index (χ0n) is 10.7. The molecule has 0 aliphatic heterocycles. The molecule has 0 saturated heterocycles. The molecule has 0 aliphatic rings. The van der Waals surface area contributed by atoms with Crippen LogP contribution in [0.2, 0.25) is 10.0 Å². The van der Waals surface area contributed by atoms with E-state index in [0.717, 1.165) is 12.0 Å². The van der Waals surface area contributed by atoms with E-state index in [9.17, 15) is 0 Å². The summed E-state index contributed by atoms with van der Waals surface area (Å²) in [5, 5.41) is 1.32. The Morgan fingerprint density at radius 2 is 1.89 bits per heavy atom. The lowest BCUT2D eigenvalue weighted by atomic mass is 10.00. The lowest BCUT2D eigenvalue weighted by Gasteiger charge is -2.26. The van der Waals surface area contributed by atoms with Crippen LogP contribution in [0.25, 0.3) is 0 Å². The van der Waals surface area contributed by atoms with Gasteiger partial charge in [0.25, 0.3) is 0 Å². The Labute approximate surface area is 119 Å². The minimum absolute atomic E-state index is 0.00708.